The van der Waals surface area contributed by atoms with Crippen LogP contribution in [-0.4, -0.2) is 35.8 Å². The van der Waals surface area contributed by atoms with Crippen LogP contribution in [0.4, 0.5) is 5.95 Å². The van der Waals surface area contributed by atoms with E-state index < -0.39 is 10.0 Å². The second-order valence-corrected chi connectivity index (χ2v) is 5.99. The molecule has 3 N–H and O–H groups in total. The lowest BCUT2D eigenvalue weighted by Gasteiger charge is -2.33. The molecular formula is C9H15N5O2S. The average molecular weight is 257 g/mol. The van der Waals surface area contributed by atoms with Crippen molar-refractivity contribution in [2.75, 3.05) is 12.5 Å². The topological polar surface area (TPSA) is 101 Å². The van der Waals surface area contributed by atoms with Crippen molar-refractivity contribution in [2.45, 2.75) is 30.2 Å². The van der Waals surface area contributed by atoms with Crippen LogP contribution < -0.4 is 11.3 Å². The third-order valence-corrected chi connectivity index (χ3v) is 4.89. The number of sulfonamides is 1. The summed E-state index contributed by atoms with van der Waals surface area (Å²) in [5, 5.41) is 0. The lowest BCUT2D eigenvalue weighted by Crippen LogP contribution is -2.41. The molecule has 8 heteroatoms. The standard InChI is InChI=1S/C9H15N5O2S/c1-14(7-3-2-4-7)17(15,16)8-5-11-9(13-10)12-6-8/h5-7H,2-4,10H2,1H3,(H,11,12,13). The molecule has 0 atom stereocenters. The normalized spacial score (nSPS) is 16.9. The Balaban J connectivity index is 2.23. The molecule has 0 spiro atoms. The van der Waals surface area contributed by atoms with Gasteiger partial charge in [-0.25, -0.2) is 24.2 Å². The summed E-state index contributed by atoms with van der Waals surface area (Å²) >= 11 is 0. The number of hydrazine groups is 1. The van der Waals surface area contributed by atoms with Gasteiger partial charge in [0.1, 0.15) is 4.90 Å². The van der Waals surface area contributed by atoms with Gasteiger partial charge in [0.05, 0.1) is 12.4 Å². The summed E-state index contributed by atoms with van der Waals surface area (Å²) in [5.74, 6) is 5.30. The summed E-state index contributed by atoms with van der Waals surface area (Å²) in [6.07, 6.45) is 5.43. The lowest BCUT2D eigenvalue weighted by molar-refractivity contribution is 0.249. The fourth-order valence-electron chi connectivity index (χ4n) is 1.64. The van der Waals surface area contributed by atoms with Crippen LogP contribution in [0.2, 0.25) is 0 Å². The molecule has 1 aliphatic carbocycles. The highest BCUT2D eigenvalue weighted by atomic mass is 32.2. The van der Waals surface area contributed by atoms with Crippen LogP contribution in [0.1, 0.15) is 19.3 Å². The molecule has 0 aromatic carbocycles. The molecule has 1 fully saturated rings. The Morgan fingerprint density at radius 1 is 1.41 bits per heavy atom. The summed E-state index contributed by atoms with van der Waals surface area (Å²) in [4.78, 5) is 7.68. The van der Waals surface area contributed by atoms with Gasteiger partial charge in [0.2, 0.25) is 16.0 Å². The molecule has 94 valence electrons. The van der Waals surface area contributed by atoms with Crippen molar-refractivity contribution in [3.63, 3.8) is 0 Å². The minimum absolute atomic E-state index is 0.0888. The van der Waals surface area contributed by atoms with Gasteiger partial charge in [0.25, 0.3) is 0 Å². The van der Waals surface area contributed by atoms with Gasteiger partial charge in [0.15, 0.2) is 0 Å². The molecule has 1 aromatic rings. The van der Waals surface area contributed by atoms with E-state index in [2.05, 4.69) is 15.4 Å². The first kappa shape index (κ1) is 12.2. The molecule has 1 heterocycles. The Labute approximate surface area is 100 Å². The van der Waals surface area contributed by atoms with E-state index in [1.54, 1.807) is 7.05 Å². The van der Waals surface area contributed by atoms with Crippen molar-refractivity contribution < 1.29 is 8.42 Å². The molecule has 0 amide bonds. The quantitative estimate of drug-likeness (QED) is 0.578. The van der Waals surface area contributed by atoms with Gasteiger partial charge in [-0.3, -0.25) is 5.43 Å². The summed E-state index contributed by atoms with van der Waals surface area (Å²) in [6, 6.07) is 0.104. The lowest BCUT2D eigenvalue weighted by atomic mass is 9.94. The van der Waals surface area contributed by atoms with Crippen LogP contribution in [0.15, 0.2) is 17.3 Å². The fourth-order valence-corrected chi connectivity index (χ4v) is 2.94. The zero-order chi connectivity index (χ0) is 12.5. The number of aromatic nitrogens is 2. The summed E-state index contributed by atoms with van der Waals surface area (Å²) in [6.45, 7) is 0. The van der Waals surface area contributed by atoms with Gasteiger partial charge in [-0.1, -0.05) is 6.42 Å². The molecule has 0 radical (unpaired) electrons. The van der Waals surface area contributed by atoms with E-state index >= 15 is 0 Å². The third kappa shape index (κ3) is 2.24. The minimum Gasteiger partial charge on any atom is -0.292 e. The number of anilines is 1. The monoisotopic (exact) mass is 257 g/mol. The molecule has 7 nitrogen and oxygen atoms in total. The third-order valence-electron chi connectivity index (χ3n) is 3.02. The van der Waals surface area contributed by atoms with Crippen molar-refractivity contribution in [1.82, 2.24) is 14.3 Å². The van der Waals surface area contributed by atoms with E-state index in [1.807, 2.05) is 0 Å². The van der Waals surface area contributed by atoms with Crippen LogP contribution in [0.5, 0.6) is 0 Å². The largest absolute Gasteiger partial charge is 0.292 e. The summed E-state index contributed by atoms with van der Waals surface area (Å²) < 4.78 is 25.7. The van der Waals surface area contributed by atoms with E-state index in [4.69, 9.17) is 5.84 Å². The number of nitrogens with two attached hydrogens (primary N) is 1. The van der Waals surface area contributed by atoms with Gasteiger partial charge in [-0.15, -0.1) is 0 Å². The first-order chi connectivity index (χ1) is 8.05. The molecule has 1 aromatic heterocycles. The highest BCUT2D eigenvalue weighted by Crippen LogP contribution is 2.27. The van der Waals surface area contributed by atoms with Crippen molar-refractivity contribution >= 4 is 16.0 Å². The van der Waals surface area contributed by atoms with Crippen LogP contribution in [-0.2, 0) is 10.0 Å². The molecule has 0 unspecified atom stereocenters. The predicted octanol–water partition coefficient (Wildman–Crippen LogP) is -0.0648. The number of rotatable bonds is 4. The first-order valence-corrected chi connectivity index (χ1v) is 6.76. The predicted molar refractivity (Wildman–Crippen MR) is 62.4 cm³/mol. The number of nitrogen functional groups attached to an aromatic ring is 1. The van der Waals surface area contributed by atoms with Crippen molar-refractivity contribution in [3.05, 3.63) is 12.4 Å². The van der Waals surface area contributed by atoms with E-state index in [0.717, 1.165) is 19.3 Å². The zero-order valence-electron chi connectivity index (χ0n) is 9.50. The number of nitrogens with one attached hydrogen (secondary N) is 1. The highest BCUT2D eigenvalue weighted by Gasteiger charge is 2.32. The Morgan fingerprint density at radius 3 is 2.41 bits per heavy atom. The van der Waals surface area contributed by atoms with E-state index in [0.29, 0.717) is 0 Å². The van der Waals surface area contributed by atoms with Gasteiger partial charge in [-0.05, 0) is 12.8 Å². The second kappa shape index (κ2) is 4.55. The number of hydrogen-bond acceptors (Lipinski definition) is 6. The number of hydrogen-bond donors (Lipinski definition) is 2. The van der Waals surface area contributed by atoms with Crippen molar-refractivity contribution in [1.29, 1.82) is 0 Å². The molecule has 1 aliphatic rings. The van der Waals surface area contributed by atoms with Crippen molar-refractivity contribution in [3.8, 4) is 0 Å². The zero-order valence-corrected chi connectivity index (χ0v) is 10.3. The van der Waals surface area contributed by atoms with Gasteiger partial charge in [-0.2, -0.15) is 4.31 Å². The van der Waals surface area contributed by atoms with Gasteiger partial charge < -0.3 is 0 Å². The summed E-state index contributed by atoms with van der Waals surface area (Å²) in [7, 11) is -1.89. The molecule has 1 saturated carbocycles. The molecule has 0 saturated heterocycles. The minimum atomic E-state index is -3.48. The van der Waals surface area contributed by atoms with Crippen molar-refractivity contribution in [2.24, 2.45) is 5.84 Å². The smallest absolute Gasteiger partial charge is 0.246 e. The molecule has 2 rings (SSSR count). The van der Waals surface area contributed by atoms with Gasteiger partial charge in [0, 0.05) is 13.1 Å². The Bertz CT molecular complexity index is 483. The Kier molecular flexibility index (Phi) is 3.27. The van der Waals surface area contributed by atoms with Crippen LogP contribution in [0.25, 0.3) is 0 Å². The molecule has 0 aliphatic heterocycles. The number of nitrogens with zero attached hydrogens (tertiary/aromatic N) is 3. The maximum Gasteiger partial charge on any atom is 0.246 e. The Morgan fingerprint density at radius 2 is 2.00 bits per heavy atom. The van der Waals surface area contributed by atoms with Crippen LogP contribution >= 0.6 is 0 Å². The maximum absolute atomic E-state index is 12.2. The van der Waals surface area contributed by atoms with E-state index in [1.165, 1.54) is 16.7 Å². The molecule has 0 bridgehead atoms. The van der Waals surface area contributed by atoms with Gasteiger partial charge >= 0.3 is 0 Å². The Hall–Kier alpha value is -1.25. The molecule has 17 heavy (non-hydrogen) atoms. The maximum atomic E-state index is 12.2. The fraction of sp³-hybridized carbons (Fsp3) is 0.556. The average Bonchev–Trinajstić information content (AvgIpc) is 2.27. The first-order valence-electron chi connectivity index (χ1n) is 5.32. The molecular weight excluding hydrogens is 242 g/mol. The van der Waals surface area contributed by atoms with Crippen LogP contribution in [0.3, 0.4) is 0 Å². The summed E-state index contributed by atoms with van der Waals surface area (Å²) in [5.41, 5.74) is 2.25. The van der Waals surface area contributed by atoms with E-state index in [-0.39, 0.29) is 16.9 Å². The SMILES string of the molecule is CN(C1CCC1)S(=O)(=O)c1cnc(NN)nc1. The highest BCUT2D eigenvalue weighted by molar-refractivity contribution is 7.89. The van der Waals surface area contributed by atoms with Crippen LogP contribution in [0, 0.1) is 0 Å². The van der Waals surface area contributed by atoms with E-state index in [9.17, 15) is 8.42 Å². The second-order valence-electron chi connectivity index (χ2n) is 3.99.